The Morgan fingerprint density at radius 3 is 2.24 bits per heavy atom. The Morgan fingerprint density at radius 1 is 0.868 bits per heavy atom. The largest absolute Gasteiger partial charge is 0.292 e. The molecule has 0 spiro atoms. The molecule has 0 aliphatic heterocycles. The predicted octanol–water partition coefficient (Wildman–Crippen LogP) is 10.1. The van der Waals surface area contributed by atoms with Crippen molar-refractivity contribution >= 4 is 32.5 Å². The molecule has 6 aromatic rings. The number of nitrogens with zero attached hydrogens (tertiary/aromatic N) is 2. The first-order chi connectivity index (χ1) is 19.0. The first-order valence-electron chi connectivity index (χ1n) is 14.2. The van der Waals surface area contributed by atoms with Crippen LogP contribution in [0, 0.1) is 5.92 Å². The molecule has 0 unspecified atom stereocenters. The lowest BCUT2D eigenvalue weighted by Crippen LogP contribution is -2.10. The molecule has 0 bridgehead atoms. The van der Waals surface area contributed by atoms with Gasteiger partial charge in [-0.15, -0.1) is 11.3 Å². The van der Waals surface area contributed by atoms with E-state index in [1.807, 2.05) is 32.0 Å². The topological polar surface area (TPSA) is 17.8 Å². The Kier molecular flexibility index (Phi) is 5.61. The SMILES string of the molecule is [2H]C([2H])(c1ccc2c(-c3nc4ccccc4n3-c3ccc(-c4ccc(C(C)(C)C)cc4)cc3)csc2c1)C(C)C. The van der Waals surface area contributed by atoms with E-state index in [1.165, 1.54) is 16.7 Å². The molecular formula is C35H34N2S. The molecule has 4 aromatic carbocycles. The number of aromatic nitrogens is 2. The fourth-order valence-electron chi connectivity index (χ4n) is 5.06. The number of rotatable bonds is 5. The van der Waals surface area contributed by atoms with Gasteiger partial charge in [-0.1, -0.05) is 95.3 Å². The minimum absolute atomic E-state index is 0.104. The zero-order valence-electron chi connectivity index (χ0n) is 24.6. The highest BCUT2D eigenvalue weighted by Gasteiger charge is 2.18. The highest BCUT2D eigenvalue weighted by Crippen LogP contribution is 2.38. The van der Waals surface area contributed by atoms with Crippen molar-refractivity contribution in [2.45, 2.75) is 46.4 Å². The van der Waals surface area contributed by atoms with Gasteiger partial charge in [0, 0.05) is 29.5 Å². The first-order valence-corrected chi connectivity index (χ1v) is 14.1. The van der Waals surface area contributed by atoms with Gasteiger partial charge < -0.3 is 0 Å². The number of imidazole rings is 1. The van der Waals surface area contributed by atoms with E-state index in [0.717, 1.165) is 43.8 Å². The molecule has 190 valence electrons. The summed E-state index contributed by atoms with van der Waals surface area (Å²) in [4.78, 5) is 5.09. The van der Waals surface area contributed by atoms with Crippen LogP contribution >= 0.6 is 11.3 Å². The highest BCUT2D eigenvalue weighted by atomic mass is 32.1. The van der Waals surface area contributed by atoms with Crippen LogP contribution in [-0.4, -0.2) is 9.55 Å². The van der Waals surface area contributed by atoms with E-state index in [2.05, 4.69) is 104 Å². The fourth-order valence-corrected chi connectivity index (χ4v) is 6.04. The second-order valence-corrected chi connectivity index (χ2v) is 12.2. The molecule has 0 saturated heterocycles. The average molecular weight is 517 g/mol. The third-order valence-corrected chi connectivity index (χ3v) is 7.99. The van der Waals surface area contributed by atoms with E-state index < -0.39 is 6.37 Å². The van der Waals surface area contributed by atoms with E-state index in [1.54, 1.807) is 11.3 Å². The van der Waals surface area contributed by atoms with E-state index in [9.17, 15) is 0 Å². The first kappa shape index (κ1) is 22.3. The highest BCUT2D eigenvalue weighted by molar-refractivity contribution is 7.17. The van der Waals surface area contributed by atoms with Crippen LogP contribution in [0.4, 0.5) is 0 Å². The third-order valence-electron chi connectivity index (χ3n) is 7.04. The maximum atomic E-state index is 8.56. The van der Waals surface area contributed by atoms with E-state index in [-0.39, 0.29) is 11.3 Å². The van der Waals surface area contributed by atoms with Crippen molar-refractivity contribution < 1.29 is 2.74 Å². The summed E-state index contributed by atoms with van der Waals surface area (Å²) in [5.74, 6) is 0.794. The quantitative estimate of drug-likeness (QED) is 0.223. The van der Waals surface area contributed by atoms with Crippen molar-refractivity contribution in [1.82, 2.24) is 9.55 Å². The van der Waals surface area contributed by atoms with Crippen LogP contribution in [-0.2, 0) is 11.8 Å². The number of fused-ring (bicyclic) bond motifs is 2. The second kappa shape index (κ2) is 9.56. The van der Waals surface area contributed by atoms with Gasteiger partial charge in [-0.05, 0) is 70.3 Å². The van der Waals surface area contributed by atoms with Crippen molar-refractivity contribution in [2.75, 3.05) is 0 Å². The van der Waals surface area contributed by atoms with Gasteiger partial charge in [0.05, 0.1) is 11.0 Å². The van der Waals surface area contributed by atoms with Crippen molar-refractivity contribution in [3.63, 3.8) is 0 Å². The molecule has 0 atom stereocenters. The predicted molar refractivity (Wildman–Crippen MR) is 165 cm³/mol. The van der Waals surface area contributed by atoms with Crippen LogP contribution in [0.5, 0.6) is 0 Å². The summed E-state index contributed by atoms with van der Waals surface area (Å²) in [6.45, 7) is 10.6. The Labute approximate surface area is 232 Å². The number of para-hydroxylation sites is 2. The maximum absolute atomic E-state index is 8.56. The number of hydrogen-bond acceptors (Lipinski definition) is 2. The molecule has 0 N–H and O–H groups in total. The normalized spacial score (nSPS) is 13.3. The van der Waals surface area contributed by atoms with Crippen LogP contribution in [0.15, 0.2) is 96.4 Å². The summed E-state index contributed by atoms with van der Waals surface area (Å²) in [5.41, 5.74) is 8.72. The van der Waals surface area contributed by atoms with Crippen LogP contribution < -0.4 is 0 Å². The molecule has 38 heavy (non-hydrogen) atoms. The lowest BCUT2D eigenvalue weighted by molar-refractivity contribution is 0.590. The lowest BCUT2D eigenvalue weighted by Gasteiger charge is -2.19. The summed E-state index contributed by atoms with van der Waals surface area (Å²) >= 11 is 1.65. The van der Waals surface area contributed by atoms with E-state index in [0.29, 0.717) is 0 Å². The van der Waals surface area contributed by atoms with Gasteiger partial charge in [-0.3, -0.25) is 4.57 Å². The Hall–Kier alpha value is -3.69. The Morgan fingerprint density at radius 2 is 1.55 bits per heavy atom. The van der Waals surface area contributed by atoms with Gasteiger partial charge in [-0.25, -0.2) is 4.98 Å². The molecule has 0 aliphatic rings. The molecule has 0 aliphatic carbocycles. The molecule has 0 amide bonds. The number of hydrogen-bond donors (Lipinski definition) is 0. The van der Waals surface area contributed by atoms with Crippen LogP contribution in [0.25, 0.3) is 49.3 Å². The number of benzene rings is 4. The monoisotopic (exact) mass is 516 g/mol. The van der Waals surface area contributed by atoms with Crippen molar-refractivity contribution in [1.29, 1.82) is 0 Å². The van der Waals surface area contributed by atoms with Gasteiger partial charge in [0.1, 0.15) is 5.82 Å². The molecule has 2 aromatic heterocycles. The molecule has 2 nitrogen and oxygen atoms in total. The minimum atomic E-state index is -1.37. The molecule has 3 heteroatoms. The summed E-state index contributed by atoms with van der Waals surface area (Å²) in [5, 5.41) is 3.25. The van der Waals surface area contributed by atoms with Gasteiger partial charge >= 0.3 is 0 Å². The Balaban J connectivity index is 1.44. The summed E-state index contributed by atoms with van der Waals surface area (Å²) in [7, 11) is 0. The van der Waals surface area contributed by atoms with Gasteiger partial charge in [0.2, 0.25) is 0 Å². The molecule has 0 fully saturated rings. The number of thiophene rings is 1. The maximum Gasteiger partial charge on any atom is 0.147 e. The van der Waals surface area contributed by atoms with Gasteiger partial charge in [-0.2, -0.15) is 0 Å². The summed E-state index contributed by atoms with van der Waals surface area (Å²) in [6.07, 6.45) is -1.37. The zero-order valence-corrected chi connectivity index (χ0v) is 23.4. The van der Waals surface area contributed by atoms with E-state index in [4.69, 9.17) is 7.73 Å². The molecule has 2 heterocycles. The van der Waals surface area contributed by atoms with Crippen molar-refractivity contribution in [3.05, 3.63) is 108 Å². The van der Waals surface area contributed by atoms with Crippen LogP contribution in [0.1, 0.15) is 48.5 Å². The fraction of sp³-hybridized carbons (Fsp3) is 0.229. The van der Waals surface area contributed by atoms with Gasteiger partial charge in [0.25, 0.3) is 0 Å². The lowest BCUT2D eigenvalue weighted by atomic mass is 9.86. The molecule has 0 saturated carbocycles. The Bertz CT molecular complexity index is 1820. The van der Waals surface area contributed by atoms with Crippen LogP contribution in [0.3, 0.4) is 0 Å². The van der Waals surface area contributed by atoms with Crippen LogP contribution in [0.2, 0.25) is 0 Å². The molecule has 6 rings (SSSR count). The smallest absolute Gasteiger partial charge is 0.147 e. The third kappa shape index (κ3) is 4.56. The zero-order chi connectivity index (χ0) is 28.2. The summed E-state index contributed by atoms with van der Waals surface area (Å²) < 4.78 is 20.4. The van der Waals surface area contributed by atoms with Gasteiger partial charge in [0.15, 0.2) is 0 Å². The molecular weight excluding hydrogens is 480 g/mol. The van der Waals surface area contributed by atoms with Crippen molar-refractivity contribution in [2.24, 2.45) is 5.92 Å². The van der Waals surface area contributed by atoms with Crippen molar-refractivity contribution in [3.8, 4) is 28.2 Å². The standard InChI is InChI=1S/C35H34N2S/c1-23(2)20-24-10-19-29-30(22-38-33(29)21-24)34-36-31-8-6-7-9-32(31)37(34)28-17-13-26(14-18-28)25-11-15-27(16-12-25)35(3,4)5/h6-19,21-23H,20H2,1-5H3/i20D2. The van der Waals surface area contributed by atoms with E-state index >= 15 is 0 Å². The summed E-state index contributed by atoms with van der Waals surface area (Å²) in [6, 6.07) is 31.9. The molecule has 0 radical (unpaired) electrons. The second-order valence-electron chi connectivity index (χ2n) is 11.3. The minimum Gasteiger partial charge on any atom is -0.292 e. The average Bonchev–Trinajstić information content (AvgIpc) is 3.53.